The number of carbonyl (C=O) groups is 1. The molecule has 1 aromatic carbocycles. The Morgan fingerprint density at radius 3 is 2.20 bits per heavy atom. The Morgan fingerprint density at radius 2 is 1.80 bits per heavy atom. The lowest BCUT2D eigenvalue weighted by Gasteiger charge is -2.22. The molecule has 0 spiro atoms. The Hall–Kier alpha value is -1.34. The average molecular weight is 315 g/mol. The summed E-state index contributed by atoms with van der Waals surface area (Å²) in [5.41, 5.74) is 5.12. The van der Waals surface area contributed by atoms with Gasteiger partial charge in [0, 0.05) is 12.5 Å². The summed E-state index contributed by atoms with van der Waals surface area (Å²) in [6.07, 6.45) is -4.88. The molecule has 0 saturated heterocycles. The van der Waals surface area contributed by atoms with E-state index in [2.05, 4.69) is 0 Å². The second-order valence-corrected chi connectivity index (χ2v) is 4.28. The highest BCUT2D eigenvalue weighted by molar-refractivity contribution is 5.85. The van der Waals surface area contributed by atoms with Gasteiger partial charge >= 0.3 is 6.18 Å². The number of hydrogen-bond acceptors (Lipinski definition) is 2. The van der Waals surface area contributed by atoms with Crippen molar-refractivity contribution in [1.29, 1.82) is 0 Å². The first kappa shape index (κ1) is 18.7. The van der Waals surface area contributed by atoms with E-state index >= 15 is 0 Å². The molecule has 0 saturated carbocycles. The van der Waals surface area contributed by atoms with Crippen LogP contribution in [0.1, 0.15) is 24.9 Å². The molecule has 3 nitrogen and oxygen atoms in total. The van der Waals surface area contributed by atoms with E-state index in [1.807, 2.05) is 5.32 Å². The van der Waals surface area contributed by atoms with E-state index in [1.54, 1.807) is 0 Å². The predicted octanol–water partition coefficient (Wildman–Crippen LogP) is 2.70. The number of carbonyl (C=O) groups excluding carboxylic acids is 1. The van der Waals surface area contributed by atoms with Gasteiger partial charge in [0.2, 0.25) is 5.91 Å². The van der Waals surface area contributed by atoms with Crippen molar-refractivity contribution < 1.29 is 22.4 Å². The first-order chi connectivity index (χ1) is 8.70. The molecule has 1 aromatic rings. The van der Waals surface area contributed by atoms with Crippen LogP contribution in [0, 0.1) is 5.82 Å². The van der Waals surface area contributed by atoms with Crippen molar-refractivity contribution in [3.63, 3.8) is 0 Å². The van der Waals surface area contributed by atoms with E-state index in [9.17, 15) is 22.4 Å². The quantitative estimate of drug-likeness (QED) is 0.840. The fraction of sp³-hybridized carbons (Fsp3) is 0.417. The second kappa shape index (κ2) is 7.44. The largest absolute Gasteiger partial charge is 0.412 e. The van der Waals surface area contributed by atoms with Crippen LogP contribution in [0.2, 0.25) is 0 Å². The minimum absolute atomic E-state index is 0. The molecule has 3 N–H and O–H groups in total. The van der Waals surface area contributed by atoms with Crippen molar-refractivity contribution in [1.82, 2.24) is 5.32 Å². The van der Waals surface area contributed by atoms with Crippen molar-refractivity contribution >= 4 is 18.3 Å². The maximum absolute atomic E-state index is 12.9. The fourth-order valence-electron chi connectivity index (χ4n) is 1.52. The number of hydrogen-bond donors (Lipinski definition) is 2. The number of halogens is 5. The number of nitrogens with two attached hydrogens (primary N) is 1. The van der Waals surface area contributed by atoms with E-state index in [-0.39, 0.29) is 24.4 Å². The maximum Gasteiger partial charge on any atom is 0.412 e. The number of alkyl halides is 3. The van der Waals surface area contributed by atoms with Gasteiger partial charge in [0.1, 0.15) is 5.82 Å². The Morgan fingerprint density at radius 1 is 1.30 bits per heavy atom. The third kappa shape index (κ3) is 5.75. The van der Waals surface area contributed by atoms with Crippen molar-refractivity contribution in [3.05, 3.63) is 35.6 Å². The van der Waals surface area contributed by atoms with Gasteiger partial charge in [-0.1, -0.05) is 12.1 Å². The molecule has 0 aliphatic heterocycles. The standard InChI is InChI=1S/C12H14F4N2O.ClH/c1-7(17)6-10(19)18-11(12(14,15)16)8-2-4-9(13)5-3-8;/h2-5,7,11H,6,17H2,1H3,(H,18,19);1H. The first-order valence-electron chi connectivity index (χ1n) is 5.57. The molecule has 0 aliphatic rings. The molecule has 0 bridgehead atoms. The SMILES string of the molecule is CC(N)CC(=O)NC(c1ccc(F)cc1)C(F)(F)F.Cl. The molecule has 0 radical (unpaired) electrons. The van der Waals surface area contributed by atoms with Gasteiger partial charge in [0.25, 0.3) is 0 Å². The third-order valence-electron chi connectivity index (χ3n) is 2.34. The van der Waals surface area contributed by atoms with Crippen molar-refractivity contribution in [2.75, 3.05) is 0 Å². The van der Waals surface area contributed by atoms with Gasteiger partial charge in [0.05, 0.1) is 0 Å². The van der Waals surface area contributed by atoms with E-state index < -0.39 is 30.0 Å². The van der Waals surface area contributed by atoms with Crippen molar-refractivity contribution in [2.24, 2.45) is 5.73 Å². The highest BCUT2D eigenvalue weighted by Crippen LogP contribution is 2.32. The van der Waals surface area contributed by atoms with Gasteiger partial charge in [-0.25, -0.2) is 4.39 Å². The summed E-state index contributed by atoms with van der Waals surface area (Å²) in [5, 5.41) is 1.86. The Labute approximate surface area is 119 Å². The molecule has 2 atom stereocenters. The zero-order valence-electron chi connectivity index (χ0n) is 10.6. The topological polar surface area (TPSA) is 55.1 Å². The summed E-state index contributed by atoms with van der Waals surface area (Å²) in [6, 6.07) is 1.08. The van der Waals surface area contributed by atoms with Crippen molar-refractivity contribution in [2.45, 2.75) is 31.6 Å². The monoisotopic (exact) mass is 314 g/mol. The normalized spacial score (nSPS) is 14.1. The highest BCUT2D eigenvalue weighted by atomic mass is 35.5. The fourth-order valence-corrected chi connectivity index (χ4v) is 1.52. The second-order valence-electron chi connectivity index (χ2n) is 4.28. The van der Waals surface area contributed by atoms with Gasteiger partial charge in [-0.2, -0.15) is 13.2 Å². The summed E-state index contributed by atoms with van der Waals surface area (Å²) in [5.74, 6) is -1.45. The van der Waals surface area contributed by atoms with Crippen LogP contribution in [-0.4, -0.2) is 18.1 Å². The van der Waals surface area contributed by atoms with Crippen LogP contribution in [0.4, 0.5) is 17.6 Å². The molecule has 1 rings (SSSR count). The van der Waals surface area contributed by atoms with E-state index in [0.29, 0.717) is 0 Å². The van der Waals surface area contributed by atoms with E-state index in [0.717, 1.165) is 24.3 Å². The minimum atomic E-state index is -4.66. The molecule has 8 heteroatoms. The Balaban J connectivity index is 0.00000361. The lowest BCUT2D eigenvalue weighted by atomic mass is 10.1. The highest BCUT2D eigenvalue weighted by Gasteiger charge is 2.41. The molecular weight excluding hydrogens is 300 g/mol. The molecule has 20 heavy (non-hydrogen) atoms. The van der Waals surface area contributed by atoms with Crippen LogP contribution < -0.4 is 11.1 Å². The lowest BCUT2D eigenvalue weighted by Crippen LogP contribution is -2.40. The molecule has 1 amide bonds. The van der Waals surface area contributed by atoms with Gasteiger partial charge in [-0.3, -0.25) is 4.79 Å². The Bertz CT molecular complexity index is 434. The van der Waals surface area contributed by atoms with Gasteiger partial charge < -0.3 is 11.1 Å². The number of nitrogens with one attached hydrogen (secondary N) is 1. The lowest BCUT2D eigenvalue weighted by molar-refractivity contribution is -0.163. The zero-order valence-corrected chi connectivity index (χ0v) is 11.4. The molecule has 0 heterocycles. The van der Waals surface area contributed by atoms with E-state index in [1.165, 1.54) is 6.92 Å². The van der Waals surface area contributed by atoms with Crippen LogP contribution in [-0.2, 0) is 4.79 Å². The first-order valence-corrected chi connectivity index (χ1v) is 5.57. The summed E-state index contributed by atoms with van der Waals surface area (Å²) >= 11 is 0. The van der Waals surface area contributed by atoms with Crippen LogP contribution >= 0.6 is 12.4 Å². The molecule has 114 valence electrons. The minimum Gasteiger partial charge on any atom is -0.341 e. The summed E-state index contributed by atoms with van der Waals surface area (Å²) in [4.78, 5) is 11.4. The molecule has 0 aliphatic carbocycles. The van der Waals surface area contributed by atoms with Gasteiger partial charge in [-0.05, 0) is 24.6 Å². The third-order valence-corrected chi connectivity index (χ3v) is 2.34. The smallest absolute Gasteiger partial charge is 0.341 e. The van der Waals surface area contributed by atoms with Crippen LogP contribution in [0.5, 0.6) is 0 Å². The van der Waals surface area contributed by atoms with E-state index in [4.69, 9.17) is 5.73 Å². The Kier molecular flexibility index (Phi) is 6.95. The number of benzene rings is 1. The van der Waals surface area contributed by atoms with Crippen LogP contribution in [0.25, 0.3) is 0 Å². The predicted molar refractivity (Wildman–Crippen MR) is 68.9 cm³/mol. The average Bonchev–Trinajstić information content (AvgIpc) is 2.25. The summed E-state index contributed by atoms with van der Waals surface area (Å²) < 4.78 is 51.3. The summed E-state index contributed by atoms with van der Waals surface area (Å²) in [6.45, 7) is 1.51. The molecule has 0 fully saturated rings. The summed E-state index contributed by atoms with van der Waals surface area (Å²) in [7, 11) is 0. The number of amides is 1. The van der Waals surface area contributed by atoms with Crippen molar-refractivity contribution in [3.8, 4) is 0 Å². The molecular formula is C12H15ClF4N2O. The van der Waals surface area contributed by atoms with Crippen LogP contribution in [0.3, 0.4) is 0 Å². The maximum atomic E-state index is 12.9. The van der Waals surface area contributed by atoms with Gasteiger partial charge in [-0.15, -0.1) is 12.4 Å². The zero-order chi connectivity index (χ0) is 14.6. The molecule has 2 unspecified atom stereocenters. The molecule has 0 aromatic heterocycles. The van der Waals surface area contributed by atoms with Crippen LogP contribution in [0.15, 0.2) is 24.3 Å². The number of rotatable bonds is 4. The van der Waals surface area contributed by atoms with Gasteiger partial charge in [0.15, 0.2) is 6.04 Å².